The minimum atomic E-state index is 0.676. The van der Waals surface area contributed by atoms with Gasteiger partial charge in [-0.25, -0.2) is 0 Å². The number of halogens is 1. The van der Waals surface area contributed by atoms with Crippen LogP contribution in [-0.4, -0.2) is 12.6 Å². The first-order valence-electron chi connectivity index (χ1n) is 6.63. The van der Waals surface area contributed by atoms with E-state index in [2.05, 4.69) is 31.3 Å². The van der Waals surface area contributed by atoms with Crippen molar-refractivity contribution in [1.82, 2.24) is 5.32 Å². The summed E-state index contributed by atoms with van der Waals surface area (Å²) < 4.78 is 0. The highest BCUT2D eigenvalue weighted by Crippen LogP contribution is 2.24. The lowest BCUT2D eigenvalue weighted by Gasteiger charge is -2.22. The van der Waals surface area contributed by atoms with Crippen molar-refractivity contribution in [3.8, 4) is 0 Å². The van der Waals surface area contributed by atoms with Crippen molar-refractivity contribution in [2.24, 2.45) is 11.8 Å². The summed E-state index contributed by atoms with van der Waals surface area (Å²) in [6.07, 6.45) is 3.80. The highest BCUT2D eigenvalue weighted by Gasteiger charge is 2.23. The predicted octanol–water partition coefficient (Wildman–Crippen LogP) is 3.91. The van der Waals surface area contributed by atoms with Crippen LogP contribution in [0.3, 0.4) is 0 Å². The molecule has 2 rings (SSSR count). The van der Waals surface area contributed by atoms with Crippen molar-refractivity contribution in [2.45, 2.75) is 39.2 Å². The van der Waals surface area contributed by atoms with Crippen molar-refractivity contribution < 1.29 is 0 Å². The zero-order valence-corrected chi connectivity index (χ0v) is 11.5. The van der Waals surface area contributed by atoms with Gasteiger partial charge in [-0.2, -0.15) is 0 Å². The topological polar surface area (TPSA) is 12.0 Å². The molecule has 17 heavy (non-hydrogen) atoms. The molecule has 0 spiro atoms. The molecule has 94 valence electrons. The molecule has 0 amide bonds. The molecule has 0 bridgehead atoms. The van der Waals surface area contributed by atoms with Crippen LogP contribution in [0.5, 0.6) is 0 Å². The lowest BCUT2D eigenvalue weighted by molar-refractivity contribution is 0.359. The fourth-order valence-corrected chi connectivity index (χ4v) is 2.31. The molecule has 0 saturated heterocycles. The monoisotopic (exact) mass is 251 g/mol. The zero-order valence-electron chi connectivity index (χ0n) is 10.7. The smallest absolute Gasteiger partial charge is 0.0438 e. The minimum absolute atomic E-state index is 0.676. The third kappa shape index (κ3) is 4.01. The third-order valence-electron chi connectivity index (χ3n) is 3.63. The van der Waals surface area contributed by atoms with E-state index in [9.17, 15) is 0 Å². The molecule has 1 aliphatic rings. The van der Waals surface area contributed by atoms with Gasteiger partial charge >= 0.3 is 0 Å². The van der Waals surface area contributed by atoms with E-state index in [0.717, 1.165) is 24.0 Å². The number of nitrogens with one attached hydrogen (secondary N) is 1. The van der Waals surface area contributed by atoms with Gasteiger partial charge in [0.1, 0.15) is 0 Å². The second kappa shape index (κ2) is 5.88. The van der Waals surface area contributed by atoms with Crippen LogP contribution in [0.2, 0.25) is 5.02 Å². The maximum absolute atomic E-state index is 6.23. The van der Waals surface area contributed by atoms with Crippen LogP contribution in [0, 0.1) is 11.8 Å². The van der Waals surface area contributed by atoms with Gasteiger partial charge in [0.05, 0.1) is 0 Å². The van der Waals surface area contributed by atoms with Gasteiger partial charge in [-0.15, -0.1) is 0 Å². The number of hydrogen-bond donors (Lipinski definition) is 1. The molecule has 1 saturated carbocycles. The molecule has 1 nitrogen and oxygen atoms in total. The molecule has 2 heteroatoms. The van der Waals surface area contributed by atoms with Gasteiger partial charge in [0.2, 0.25) is 0 Å². The van der Waals surface area contributed by atoms with Gasteiger partial charge in [0.15, 0.2) is 0 Å². The van der Waals surface area contributed by atoms with Gasteiger partial charge < -0.3 is 5.32 Å². The third-order valence-corrected chi connectivity index (χ3v) is 4.00. The Bertz CT molecular complexity index is 358. The Morgan fingerprint density at radius 2 is 2.00 bits per heavy atom. The van der Waals surface area contributed by atoms with E-state index in [0.29, 0.717) is 11.8 Å². The van der Waals surface area contributed by atoms with E-state index in [1.165, 1.54) is 18.4 Å². The Morgan fingerprint density at radius 3 is 2.59 bits per heavy atom. The molecule has 1 unspecified atom stereocenters. The van der Waals surface area contributed by atoms with Crippen molar-refractivity contribution in [3.63, 3.8) is 0 Å². The SMILES string of the molecule is CC(C)C(CNC1CC1)Cc1ccccc1Cl. The summed E-state index contributed by atoms with van der Waals surface area (Å²) in [4.78, 5) is 0. The normalized spacial score (nSPS) is 17.4. The molecule has 0 heterocycles. The average Bonchev–Trinajstić information content (AvgIpc) is 3.10. The van der Waals surface area contributed by atoms with Crippen molar-refractivity contribution in [1.29, 1.82) is 0 Å². The first kappa shape index (κ1) is 12.9. The molecule has 1 atom stereocenters. The summed E-state index contributed by atoms with van der Waals surface area (Å²) in [6.45, 7) is 5.72. The second-order valence-corrected chi connectivity index (χ2v) is 5.89. The zero-order chi connectivity index (χ0) is 12.3. The first-order valence-corrected chi connectivity index (χ1v) is 7.01. The van der Waals surface area contributed by atoms with Crippen LogP contribution in [0.25, 0.3) is 0 Å². The molecule has 1 aromatic carbocycles. The van der Waals surface area contributed by atoms with E-state index in [1.54, 1.807) is 0 Å². The molecule has 0 radical (unpaired) electrons. The van der Waals surface area contributed by atoms with Crippen LogP contribution < -0.4 is 5.32 Å². The van der Waals surface area contributed by atoms with Gasteiger partial charge in [-0.3, -0.25) is 0 Å². The molecule has 0 aromatic heterocycles. The fraction of sp³-hybridized carbons (Fsp3) is 0.600. The largest absolute Gasteiger partial charge is 0.314 e. The van der Waals surface area contributed by atoms with E-state index >= 15 is 0 Å². The standard InChI is InChI=1S/C15H22ClN/c1-11(2)13(10-17-14-7-8-14)9-12-5-3-4-6-15(12)16/h3-6,11,13-14,17H,7-10H2,1-2H3. The lowest BCUT2D eigenvalue weighted by Crippen LogP contribution is -2.29. The van der Waals surface area contributed by atoms with Gasteiger partial charge in [-0.1, -0.05) is 43.6 Å². The van der Waals surface area contributed by atoms with Crippen LogP contribution >= 0.6 is 11.6 Å². The number of rotatable bonds is 6. The molecule has 1 aromatic rings. The van der Waals surface area contributed by atoms with Crippen molar-refractivity contribution in [2.75, 3.05) is 6.54 Å². The second-order valence-electron chi connectivity index (χ2n) is 5.48. The maximum atomic E-state index is 6.23. The maximum Gasteiger partial charge on any atom is 0.0438 e. The van der Waals surface area contributed by atoms with Crippen LogP contribution in [0.1, 0.15) is 32.3 Å². The number of benzene rings is 1. The van der Waals surface area contributed by atoms with Gasteiger partial charge in [-0.05, 0) is 49.3 Å². The van der Waals surface area contributed by atoms with E-state index in [1.807, 2.05) is 12.1 Å². The summed E-state index contributed by atoms with van der Waals surface area (Å²) in [7, 11) is 0. The highest BCUT2D eigenvalue weighted by molar-refractivity contribution is 6.31. The predicted molar refractivity (Wildman–Crippen MR) is 74.5 cm³/mol. The molecular weight excluding hydrogens is 230 g/mol. The first-order chi connectivity index (χ1) is 8.16. The van der Waals surface area contributed by atoms with E-state index in [-0.39, 0.29) is 0 Å². The highest BCUT2D eigenvalue weighted by atomic mass is 35.5. The van der Waals surface area contributed by atoms with E-state index in [4.69, 9.17) is 11.6 Å². The molecular formula is C15H22ClN. The summed E-state index contributed by atoms with van der Waals surface area (Å²) in [5, 5.41) is 4.54. The average molecular weight is 252 g/mol. The summed E-state index contributed by atoms with van der Waals surface area (Å²) in [5.74, 6) is 1.37. The fourth-order valence-electron chi connectivity index (χ4n) is 2.10. The van der Waals surface area contributed by atoms with Crippen LogP contribution in [-0.2, 0) is 6.42 Å². The summed E-state index contributed by atoms with van der Waals surface area (Å²) in [5.41, 5.74) is 1.28. The van der Waals surface area contributed by atoms with Crippen molar-refractivity contribution in [3.05, 3.63) is 34.9 Å². The van der Waals surface area contributed by atoms with E-state index < -0.39 is 0 Å². The molecule has 1 N–H and O–H groups in total. The number of hydrogen-bond acceptors (Lipinski definition) is 1. The van der Waals surface area contributed by atoms with Crippen molar-refractivity contribution >= 4 is 11.6 Å². The van der Waals surface area contributed by atoms with Gasteiger partial charge in [0.25, 0.3) is 0 Å². The Labute approximate surface area is 110 Å². The molecule has 1 fully saturated rings. The Hall–Kier alpha value is -0.530. The Balaban J connectivity index is 1.93. The lowest BCUT2D eigenvalue weighted by atomic mass is 9.89. The summed E-state index contributed by atoms with van der Waals surface area (Å²) in [6, 6.07) is 9.01. The van der Waals surface area contributed by atoms with Crippen LogP contribution in [0.15, 0.2) is 24.3 Å². The molecule has 1 aliphatic carbocycles. The Kier molecular flexibility index (Phi) is 4.47. The quantitative estimate of drug-likeness (QED) is 0.809. The molecule has 0 aliphatic heterocycles. The Morgan fingerprint density at radius 1 is 1.29 bits per heavy atom. The van der Waals surface area contributed by atoms with Gasteiger partial charge in [0, 0.05) is 11.1 Å². The minimum Gasteiger partial charge on any atom is -0.314 e. The van der Waals surface area contributed by atoms with Crippen LogP contribution in [0.4, 0.5) is 0 Å². The summed E-state index contributed by atoms with van der Waals surface area (Å²) >= 11 is 6.23.